The quantitative estimate of drug-likeness (QED) is 0.231. The molecule has 0 spiro atoms. The number of methoxy groups -OCH3 is 4. The number of sulfone groups is 1. The van der Waals surface area contributed by atoms with Gasteiger partial charge in [0.2, 0.25) is 15.3 Å². The minimum atomic E-state index is -4.25. The van der Waals surface area contributed by atoms with Crippen molar-refractivity contribution >= 4 is 31.8 Å². The second kappa shape index (κ2) is 11.4. The summed E-state index contributed by atoms with van der Waals surface area (Å²) in [4.78, 5) is 15.4. The SMILES string of the molecule is C=CC(N1CCNC(c2ccccc2)C1)S(=O)(=O)c1c(OC)cc(OC)c2c(=O)c3cc(OC)c(OC)cc3oc12. The highest BCUT2D eigenvalue weighted by molar-refractivity contribution is 7.92. The fraction of sp³-hybridized carbons (Fsp3) is 0.300. The van der Waals surface area contributed by atoms with E-state index in [1.54, 1.807) is 0 Å². The molecule has 1 aliphatic heterocycles. The fourth-order valence-electron chi connectivity index (χ4n) is 5.36. The Morgan fingerprint density at radius 2 is 1.63 bits per heavy atom. The summed E-state index contributed by atoms with van der Waals surface area (Å²) >= 11 is 0. The number of piperazine rings is 1. The molecule has 2 unspecified atom stereocenters. The maximum atomic E-state index is 14.5. The van der Waals surface area contributed by atoms with E-state index in [-0.39, 0.29) is 44.4 Å². The predicted octanol–water partition coefficient (Wildman–Crippen LogP) is 3.91. The Balaban J connectivity index is 1.73. The summed E-state index contributed by atoms with van der Waals surface area (Å²) in [6.45, 7) is 5.32. The van der Waals surface area contributed by atoms with E-state index in [4.69, 9.17) is 23.4 Å². The van der Waals surface area contributed by atoms with Crippen LogP contribution in [0.2, 0.25) is 0 Å². The molecule has 0 bridgehead atoms. The molecule has 5 rings (SSSR count). The standard InChI is InChI=1S/C30H32N2O8S/c1-6-26(32-13-12-31-20(17-32)18-10-8-7-9-11-18)41(34,35)30-25(39-5)16-24(38-4)27-28(33)19-14-22(36-2)23(37-3)15-21(19)40-29(27)30/h6-11,14-16,20,26,31H,1,12-13,17H2,2-5H3. The largest absolute Gasteiger partial charge is 0.496 e. The van der Waals surface area contributed by atoms with Gasteiger partial charge in [-0.25, -0.2) is 8.42 Å². The number of hydrogen-bond donors (Lipinski definition) is 1. The second-order valence-corrected chi connectivity index (χ2v) is 11.5. The van der Waals surface area contributed by atoms with E-state index < -0.39 is 20.6 Å². The van der Waals surface area contributed by atoms with Crippen molar-refractivity contribution in [3.05, 3.63) is 77.0 Å². The second-order valence-electron chi connectivity index (χ2n) is 9.53. The monoisotopic (exact) mass is 580 g/mol. The van der Waals surface area contributed by atoms with Crippen LogP contribution in [-0.4, -0.2) is 66.8 Å². The van der Waals surface area contributed by atoms with Crippen molar-refractivity contribution in [1.82, 2.24) is 10.2 Å². The highest BCUT2D eigenvalue weighted by atomic mass is 32.2. The highest BCUT2D eigenvalue weighted by Gasteiger charge is 2.39. The molecule has 11 heteroatoms. The average molecular weight is 581 g/mol. The van der Waals surface area contributed by atoms with Crippen molar-refractivity contribution in [2.75, 3.05) is 48.1 Å². The van der Waals surface area contributed by atoms with E-state index in [9.17, 15) is 13.2 Å². The van der Waals surface area contributed by atoms with Crippen molar-refractivity contribution in [1.29, 1.82) is 0 Å². The Morgan fingerprint density at radius 1 is 0.976 bits per heavy atom. The summed E-state index contributed by atoms with van der Waals surface area (Å²) in [5, 5.41) is 2.47. The van der Waals surface area contributed by atoms with E-state index >= 15 is 0 Å². The molecule has 4 aromatic rings. The zero-order chi connectivity index (χ0) is 29.3. The summed E-state index contributed by atoms with van der Waals surface area (Å²) in [5.41, 5.74) is 0.507. The van der Waals surface area contributed by atoms with Gasteiger partial charge in [-0.05, 0) is 11.6 Å². The van der Waals surface area contributed by atoms with Crippen molar-refractivity contribution in [3.8, 4) is 23.0 Å². The number of benzene rings is 3. The van der Waals surface area contributed by atoms with E-state index in [2.05, 4.69) is 11.9 Å². The van der Waals surface area contributed by atoms with Crippen LogP contribution in [0.4, 0.5) is 0 Å². The zero-order valence-electron chi connectivity index (χ0n) is 23.3. The van der Waals surface area contributed by atoms with Gasteiger partial charge in [-0.1, -0.05) is 36.4 Å². The van der Waals surface area contributed by atoms with Crippen molar-refractivity contribution < 1.29 is 31.8 Å². The van der Waals surface area contributed by atoms with E-state index in [0.717, 1.165) is 5.56 Å². The molecule has 0 radical (unpaired) electrons. The molecule has 216 valence electrons. The van der Waals surface area contributed by atoms with E-state index in [0.29, 0.717) is 31.1 Å². The Labute approximate surface area is 238 Å². The molecule has 1 N–H and O–H groups in total. The van der Waals surface area contributed by atoms with Gasteiger partial charge in [0.05, 0.1) is 33.8 Å². The molecule has 0 amide bonds. The van der Waals surface area contributed by atoms with Crippen LogP contribution < -0.4 is 29.7 Å². The van der Waals surface area contributed by atoms with E-state index in [1.165, 1.54) is 52.7 Å². The van der Waals surface area contributed by atoms with Gasteiger partial charge in [0.15, 0.2) is 22.0 Å². The first-order chi connectivity index (χ1) is 19.8. The van der Waals surface area contributed by atoms with Crippen LogP contribution in [0.1, 0.15) is 11.6 Å². The maximum Gasteiger partial charge on any atom is 0.205 e. The summed E-state index contributed by atoms with van der Waals surface area (Å²) in [7, 11) is 1.39. The summed E-state index contributed by atoms with van der Waals surface area (Å²) in [6, 6.07) is 14.1. The predicted molar refractivity (Wildman–Crippen MR) is 156 cm³/mol. The number of ether oxygens (including phenoxy) is 4. The molecule has 1 saturated heterocycles. The minimum absolute atomic E-state index is 0.0149. The first kappa shape index (κ1) is 28.5. The van der Waals surface area contributed by atoms with Crippen LogP contribution in [0.15, 0.2) is 75.3 Å². The van der Waals surface area contributed by atoms with Gasteiger partial charge in [0.1, 0.15) is 27.8 Å². The third kappa shape index (κ3) is 4.90. The van der Waals surface area contributed by atoms with Gasteiger partial charge in [0, 0.05) is 37.8 Å². The van der Waals surface area contributed by atoms with Crippen molar-refractivity contribution in [2.45, 2.75) is 16.3 Å². The molecule has 3 aromatic carbocycles. The fourth-order valence-corrected chi connectivity index (χ4v) is 7.26. The number of hydrogen-bond acceptors (Lipinski definition) is 10. The van der Waals surface area contributed by atoms with Crippen LogP contribution in [0.3, 0.4) is 0 Å². The molecule has 0 aliphatic carbocycles. The first-order valence-electron chi connectivity index (χ1n) is 12.9. The molecule has 2 heterocycles. The number of nitrogens with zero attached hydrogens (tertiary/aromatic N) is 1. The molecule has 1 fully saturated rings. The third-order valence-corrected chi connectivity index (χ3v) is 9.43. The van der Waals surface area contributed by atoms with Gasteiger partial charge < -0.3 is 28.7 Å². The average Bonchev–Trinajstić information content (AvgIpc) is 3.00. The molecule has 41 heavy (non-hydrogen) atoms. The highest BCUT2D eigenvalue weighted by Crippen LogP contribution is 2.42. The van der Waals surface area contributed by atoms with E-state index in [1.807, 2.05) is 35.2 Å². The van der Waals surface area contributed by atoms with Crippen molar-refractivity contribution in [2.24, 2.45) is 0 Å². The first-order valence-corrected chi connectivity index (χ1v) is 14.5. The van der Waals surface area contributed by atoms with Gasteiger partial charge >= 0.3 is 0 Å². The third-order valence-electron chi connectivity index (χ3n) is 7.35. The smallest absolute Gasteiger partial charge is 0.205 e. The number of rotatable bonds is 9. The minimum Gasteiger partial charge on any atom is -0.496 e. The lowest BCUT2D eigenvalue weighted by Gasteiger charge is -2.37. The molecule has 1 aromatic heterocycles. The molecule has 10 nitrogen and oxygen atoms in total. The van der Waals surface area contributed by atoms with Gasteiger partial charge in [-0.3, -0.25) is 9.69 Å². The molecule has 1 aliphatic rings. The lowest BCUT2D eigenvalue weighted by atomic mass is 10.0. The summed E-state index contributed by atoms with van der Waals surface area (Å²) in [5.74, 6) is 0.741. The Kier molecular flexibility index (Phi) is 7.94. The lowest BCUT2D eigenvalue weighted by Crippen LogP contribution is -2.51. The van der Waals surface area contributed by atoms with Gasteiger partial charge in [-0.15, -0.1) is 6.58 Å². The summed E-state index contributed by atoms with van der Waals surface area (Å²) in [6.07, 6.45) is 1.39. The number of fused-ring (bicyclic) bond motifs is 2. The maximum absolute atomic E-state index is 14.5. The van der Waals surface area contributed by atoms with Crippen LogP contribution in [0, 0.1) is 0 Å². The lowest BCUT2D eigenvalue weighted by molar-refractivity contribution is 0.200. The molecular formula is C30H32N2O8S. The zero-order valence-corrected chi connectivity index (χ0v) is 24.1. The topological polar surface area (TPSA) is 117 Å². The summed E-state index contributed by atoms with van der Waals surface area (Å²) < 4.78 is 57.0. The van der Waals surface area contributed by atoms with Crippen molar-refractivity contribution in [3.63, 3.8) is 0 Å². The molecule has 0 saturated carbocycles. The van der Waals surface area contributed by atoms with Crippen LogP contribution in [-0.2, 0) is 9.84 Å². The Hall–Kier alpha value is -4.06. The van der Waals surface area contributed by atoms with Crippen LogP contribution in [0.5, 0.6) is 23.0 Å². The Morgan fingerprint density at radius 3 is 2.27 bits per heavy atom. The molecular weight excluding hydrogens is 548 g/mol. The molecule has 2 atom stereocenters. The number of nitrogens with one attached hydrogen (secondary N) is 1. The van der Waals surface area contributed by atoms with Gasteiger partial charge in [0.25, 0.3) is 0 Å². The normalized spacial score (nSPS) is 16.8. The van der Waals surface area contributed by atoms with Gasteiger partial charge in [-0.2, -0.15) is 0 Å². The van der Waals surface area contributed by atoms with Crippen LogP contribution in [0.25, 0.3) is 21.9 Å². The Bertz CT molecular complexity index is 1770. The van der Waals surface area contributed by atoms with Crippen LogP contribution >= 0.6 is 0 Å².